The molecule has 0 unspecified atom stereocenters. The fourth-order valence-electron chi connectivity index (χ4n) is 2.88. The summed E-state index contributed by atoms with van der Waals surface area (Å²) in [4.78, 5) is 13.6. The average molecular weight is 240 g/mol. The molecule has 0 atom stereocenters. The highest BCUT2D eigenvalue weighted by Crippen LogP contribution is 2.31. The van der Waals surface area contributed by atoms with Gasteiger partial charge in [0.25, 0.3) is 0 Å². The van der Waals surface area contributed by atoms with Gasteiger partial charge in [-0.25, -0.2) is 4.79 Å². The summed E-state index contributed by atoms with van der Waals surface area (Å²) in [6.45, 7) is 7.27. The molecule has 17 heavy (non-hydrogen) atoms. The molecule has 0 bridgehead atoms. The van der Waals surface area contributed by atoms with Gasteiger partial charge in [-0.15, -0.1) is 0 Å². The summed E-state index contributed by atoms with van der Waals surface area (Å²) in [6.07, 6.45) is 6.26. The van der Waals surface area contributed by atoms with Crippen LogP contribution in [0.2, 0.25) is 0 Å². The molecule has 3 heteroatoms. The summed E-state index contributed by atoms with van der Waals surface area (Å²) in [7, 11) is 1.93. The zero-order chi connectivity index (χ0) is 12.8. The first kappa shape index (κ1) is 14.3. The van der Waals surface area contributed by atoms with Crippen LogP contribution in [0.25, 0.3) is 0 Å². The second-order valence-corrected chi connectivity index (χ2v) is 5.75. The predicted octanol–water partition coefficient (Wildman–Crippen LogP) is 3.25. The molecule has 1 saturated carbocycles. The Labute approximate surface area is 106 Å². The maximum Gasteiger partial charge on any atom is 0.317 e. The molecular weight excluding hydrogens is 212 g/mol. The number of carbonyl (C=O) groups is 1. The van der Waals surface area contributed by atoms with Crippen molar-refractivity contribution in [1.82, 2.24) is 10.2 Å². The minimum atomic E-state index is 0.0832. The van der Waals surface area contributed by atoms with Gasteiger partial charge < -0.3 is 10.2 Å². The van der Waals surface area contributed by atoms with Crippen LogP contribution in [-0.2, 0) is 0 Å². The molecule has 3 nitrogen and oxygen atoms in total. The summed E-state index contributed by atoms with van der Waals surface area (Å²) in [5, 5.41) is 2.87. The summed E-state index contributed by atoms with van der Waals surface area (Å²) in [5.41, 5.74) is 0. The zero-order valence-electron chi connectivity index (χ0n) is 11.8. The van der Waals surface area contributed by atoms with Gasteiger partial charge in [-0.2, -0.15) is 0 Å². The Hall–Kier alpha value is -0.730. The van der Waals surface area contributed by atoms with E-state index in [4.69, 9.17) is 0 Å². The van der Waals surface area contributed by atoms with Gasteiger partial charge >= 0.3 is 6.03 Å². The highest BCUT2D eigenvalue weighted by molar-refractivity contribution is 5.74. The minimum absolute atomic E-state index is 0.0832. The Morgan fingerprint density at radius 2 is 1.88 bits per heavy atom. The van der Waals surface area contributed by atoms with Gasteiger partial charge in [-0.3, -0.25) is 0 Å². The van der Waals surface area contributed by atoms with E-state index in [2.05, 4.69) is 19.2 Å². The Morgan fingerprint density at radius 3 is 2.35 bits per heavy atom. The first-order valence-electron chi connectivity index (χ1n) is 7.05. The zero-order valence-corrected chi connectivity index (χ0v) is 11.8. The molecule has 0 aromatic rings. The van der Waals surface area contributed by atoms with Crippen molar-refractivity contribution in [2.75, 3.05) is 13.6 Å². The third kappa shape index (κ3) is 4.57. The molecule has 0 aromatic carbocycles. The van der Waals surface area contributed by atoms with Crippen molar-refractivity contribution in [1.29, 1.82) is 0 Å². The molecule has 100 valence electrons. The van der Waals surface area contributed by atoms with Crippen LogP contribution in [0, 0.1) is 11.8 Å². The SMILES string of the molecule is CCNC(=O)N(C)C1CCC(CC(C)C)CC1. The van der Waals surface area contributed by atoms with Gasteiger partial charge in [0, 0.05) is 19.6 Å². The smallest absolute Gasteiger partial charge is 0.317 e. The number of nitrogens with zero attached hydrogens (tertiary/aromatic N) is 1. The number of nitrogens with one attached hydrogen (secondary N) is 1. The molecule has 2 amide bonds. The maximum absolute atomic E-state index is 11.7. The number of rotatable bonds is 4. The van der Waals surface area contributed by atoms with Crippen molar-refractivity contribution in [3.8, 4) is 0 Å². The molecule has 1 rings (SSSR count). The van der Waals surface area contributed by atoms with E-state index in [0.29, 0.717) is 12.6 Å². The standard InChI is InChI=1S/C14H28N2O/c1-5-15-14(17)16(4)13-8-6-12(7-9-13)10-11(2)3/h11-13H,5-10H2,1-4H3,(H,15,17). The molecule has 0 saturated heterocycles. The van der Waals surface area contributed by atoms with E-state index in [0.717, 1.165) is 11.8 Å². The number of urea groups is 1. The molecule has 1 fully saturated rings. The predicted molar refractivity (Wildman–Crippen MR) is 72.0 cm³/mol. The van der Waals surface area contributed by atoms with E-state index in [1.165, 1.54) is 32.1 Å². The molecule has 1 aliphatic rings. The molecule has 0 spiro atoms. The highest BCUT2D eigenvalue weighted by Gasteiger charge is 2.26. The van der Waals surface area contributed by atoms with Gasteiger partial charge in [0.1, 0.15) is 0 Å². The average Bonchev–Trinajstić information content (AvgIpc) is 2.28. The van der Waals surface area contributed by atoms with E-state index in [1.54, 1.807) is 0 Å². The van der Waals surface area contributed by atoms with Crippen molar-refractivity contribution >= 4 is 6.03 Å². The fraction of sp³-hybridized carbons (Fsp3) is 0.929. The largest absolute Gasteiger partial charge is 0.338 e. The summed E-state index contributed by atoms with van der Waals surface area (Å²) < 4.78 is 0. The lowest BCUT2D eigenvalue weighted by Crippen LogP contribution is -2.45. The van der Waals surface area contributed by atoms with Crippen molar-refractivity contribution < 1.29 is 4.79 Å². The normalized spacial score (nSPS) is 24.8. The van der Waals surface area contributed by atoms with Crippen molar-refractivity contribution in [3.05, 3.63) is 0 Å². The van der Waals surface area contributed by atoms with Gasteiger partial charge in [0.05, 0.1) is 0 Å². The van der Waals surface area contributed by atoms with Crippen LogP contribution < -0.4 is 5.32 Å². The second kappa shape index (κ2) is 6.87. The third-order valence-electron chi connectivity index (χ3n) is 3.82. The quantitative estimate of drug-likeness (QED) is 0.803. The van der Waals surface area contributed by atoms with E-state index >= 15 is 0 Å². The Kier molecular flexibility index (Phi) is 5.79. The van der Waals surface area contributed by atoms with Crippen LogP contribution in [0.15, 0.2) is 0 Å². The number of amides is 2. The van der Waals surface area contributed by atoms with E-state index in [-0.39, 0.29) is 6.03 Å². The first-order chi connectivity index (χ1) is 8.04. The fourth-order valence-corrected chi connectivity index (χ4v) is 2.88. The van der Waals surface area contributed by atoms with Gasteiger partial charge in [-0.1, -0.05) is 13.8 Å². The van der Waals surface area contributed by atoms with Gasteiger partial charge in [0.15, 0.2) is 0 Å². The van der Waals surface area contributed by atoms with Crippen LogP contribution in [0.3, 0.4) is 0 Å². The third-order valence-corrected chi connectivity index (χ3v) is 3.82. The molecule has 0 heterocycles. The number of hydrogen-bond donors (Lipinski definition) is 1. The van der Waals surface area contributed by atoms with Crippen LogP contribution in [0.1, 0.15) is 52.9 Å². The topological polar surface area (TPSA) is 32.3 Å². The van der Waals surface area contributed by atoms with Crippen LogP contribution in [0.5, 0.6) is 0 Å². The van der Waals surface area contributed by atoms with Crippen LogP contribution in [-0.4, -0.2) is 30.6 Å². The molecule has 0 aromatic heterocycles. The van der Waals surface area contributed by atoms with Crippen LogP contribution in [0.4, 0.5) is 4.79 Å². The van der Waals surface area contributed by atoms with Gasteiger partial charge in [0.2, 0.25) is 0 Å². The Bertz CT molecular complexity index is 232. The summed E-state index contributed by atoms with van der Waals surface area (Å²) in [6, 6.07) is 0.532. The van der Waals surface area contributed by atoms with E-state index in [9.17, 15) is 4.79 Å². The molecule has 1 aliphatic carbocycles. The number of hydrogen-bond acceptors (Lipinski definition) is 1. The van der Waals surface area contributed by atoms with E-state index < -0.39 is 0 Å². The lowest BCUT2D eigenvalue weighted by molar-refractivity contribution is 0.156. The highest BCUT2D eigenvalue weighted by atomic mass is 16.2. The van der Waals surface area contributed by atoms with Gasteiger partial charge in [-0.05, 0) is 50.9 Å². The molecule has 0 radical (unpaired) electrons. The summed E-state index contributed by atoms with van der Waals surface area (Å²) in [5.74, 6) is 1.69. The van der Waals surface area contributed by atoms with E-state index in [1.807, 2.05) is 18.9 Å². The monoisotopic (exact) mass is 240 g/mol. The molecular formula is C14H28N2O. The maximum atomic E-state index is 11.7. The summed E-state index contributed by atoms with van der Waals surface area (Å²) >= 11 is 0. The lowest BCUT2D eigenvalue weighted by Gasteiger charge is -2.35. The minimum Gasteiger partial charge on any atom is -0.338 e. The van der Waals surface area contributed by atoms with Crippen molar-refractivity contribution in [2.24, 2.45) is 11.8 Å². The molecule has 1 N–H and O–H groups in total. The lowest BCUT2D eigenvalue weighted by atomic mass is 9.81. The van der Waals surface area contributed by atoms with Crippen molar-refractivity contribution in [3.63, 3.8) is 0 Å². The Balaban J connectivity index is 2.33. The van der Waals surface area contributed by atoms with Crippen LogP contribution >= 0.6 is 0 Å². The first-order valence-corrected chi connectivity index (χ1v) is 7.05. The second-order valence-electron chi connectivity index (χ2n) is 5.75. The Morgan fingerprint density at radius 1 is 1.29 bits per heavy atom. The van der Waals surface area contributed by atoms with Crippen molar-refractivity contribution in [2.45, 2.75) is 58.9 Å². The number of carbonyl (C=O) groups excluding carboxylic acids is 1. The molecule has 0 aliphatic heterocycles.